The maximum atomic E-state index is 11.8. The van der Waals surface area contributed by atoms with Gasteiger partial charge in [0.15, 0.2) is 0 Å². The number of ether oxygens (including phenoxy) is 1. The van der Waals surface area contributed by atoms with Crippen LogP contribution in [0.1, 0.15) is 0 Å². The molecule has 1 aromatic carbocycles. The summed E-state index contributed by atoms with van der Waals surface area (Å²) in [5, 5.41) is 7.70. The standard InChI is InChI=1S/C15H15BrN4O3/c1-23-14-12(3-2-8-17-14)20-15(22)18-9-13(21)19-11-6-4-10(16)5-7-11/h2-8H,9H2,1H3,(H,19,21)(H2,18,20,22). The van der Waals surface area contributed by atoms with Crippen molar-refractivity contribution in [1.29, 1.82) is 0 Å². The molecular weight excluding hydrogens is 364 g/mol. The van der Waals surface area contributed by atoms with Crippen LogP contribution in [0.2, 0.25) is 0 Å². The maximum absolute atomic E-state index is 11.8. The Morgan fingerprint density at radius 3 is 2.61 bits per heavy atom. The Hall–Kier alpha value is -2.61. The van der Waals surface area contributed by atoms with E-state index < -0.39 is 6.03 Å². The largest absolute Gasteiger partial charge is 0.480 e. The van der Waals surface area contributed by atoms with E-state index in [1.807, 2.05) is 12.1 Å². The molecule has 0 fully saturated rings. The van der Waals surface area contributed by atoms with Gasteiger partial charge in [0.05, 0.1) is 13.7 Å². The second-order valence-electron chi connectivity index (χ2n) is 4.42. The summed E-state index contributed by atoms with van der Waals surface area (Å²) in [7, 11) is 1.46. The molecule has 23 heavy (non-hydrogen) atoms. The molecule has 0 unspecified atom stereocenters. The molecule has 0 atom stereocenters. The molecule has 3 amide bonds. The van der Waals surface area contributed by atoms with Gasteiger partial charge < -0.3 is 20.7 Å². The molecular formula is C15H15BrN4O3. The first-order valence-corrected chi connectivity index (χ1v) is 7.47. The number of urea groups is 1. The van der Waals surface area contributed by atoms with E-state index in [4.69, 9.17) is 4.74 Å². The predicted octanol–water partition coefficient (Wildman–Crippen LogP) is 2.61. The lowest BCUT2D eigenvalue weighted by atomic mass is 10.3. The Morgan fingerprint density at radius 1 is 1.17 bits per heavy atom. The molecule has 0 radical (unpaired) electrons. The van der Waals surface area contributed by atoms with Crippen molar-refractivity contribution in [2.45, 2.75) is 0 Å². The number of amides is 3. The van der Waals surface area contributed by atoms with Crippen molar-refractivity contribution in [3.05, 3.63) is 47.1 Å². The monoisotopic (exact) mass is 378 g/mol. The van der Waals surface area contributed by atoms with Crippen molar-refractivity contribution in [3.63, 3.8) is 0 Å². The first kappa shape index (κ1) is 16.8. The van der Waals surface area contributed by atoms with Crippen LogP contribution in [0.3, 0.4) is 0 Å². The molecule has 0 aliphatic carbocycles. The number of nitrogens with one attached hydrogen (secondary N) is 3. The van der Waals surface area contributed by atoms with Crippen LogP contribution in [0.15, 0.2) is 47.1 Å². The summed E-state index contributed by atoms with van der Waals surface area (Å²) >= 11 is 3.31. The van der Waals surface area contributed by atoms with Crippen LogP contribution in [0.25, 0.3) is 0 Å². The second kappa shape index (κ2) is 8.14. The molecule has 8 heteroatoms. The van der Waals surface area contributed by atoms with Gasteiger partial charge in [0.25, 0.3) is 0 Å². The van der Waals surface area contributed by atoms with Crippen LogP contribution >= 0.6 is 15.9 Å². The van der Waals surface area contributed by atoms with Gasteiger partial charge in [-0.05, 0) is 36.4 Å². The number of nitrogens with zero attached hydrogens (tertiary/aromatic N) is 1. The van der Waals surface area contributed by atoms with Crippen LogP contribution in [-0.2, 0) is 4.79 Å². The molecule has 0 spiro atoms. The molecule has 1 aromatic heterocycles. The number of pyridine rings is 1. The summed E-state index contributed by atoms with van der Waals surface area (Å²) in [4.78, 5) is 27.5. The van der Waals surface area contributed by atoms with Gasteiger partial charge >= 0.3 is 6.03 Å². The maximum Gasteiger partial charge on any atom is 0.319 e. The minimum Gasteiger partial charge on any atom is -0.480 e. The number of hydrogen-bond donors (Lipinski definition) is 3. The molecule has 2 rings (SSSR count). The molecule has 120 valence electrons. The fraction of sp³-hybridized carbons (Fsp3) is 0.133. The van der Waals surface area contributed by atoms with Crippen LogP contribution in [0.5, 0.6) is 5.88 Å². The smallest absolute Gasteiger partial charge is 0.319 e. The summed E-state index contributed by atoms with van der Waals surface area (Å²) in [5.41, 5.74) is 1.06. The van der Waals surface area contributed by atoms with Crippen molar-refractivity contribution in [1.82, 2.24) is 10.3 Å². The highest BCUT2D eigenvalue weighted by molar-refractivity contribution is 9.10. The number of anilines is 2. The first-order valence-electron chi connectivity index (χ1n) is 6.68. The number of methoxy groups -OCH3 is 1. The average molecular weight is 379 g/mol. The zero-order chi connectivity index (χ0) is 16.7. The van der Waals surface area contributed by atoms with Crippen LogP contribution in [0, 0.1) is 0 Å². The normalized spacial score (nSPS) is 9.83. The van der Waals surface area contributed by atoms with E-state index in [1.54, 1.807) is 30.5 Å². The summed E-state index contributed by atoms with van der Waals surface area (Å²) in [6, 6.07) is 9.91. The molecule has 0 aliphatic rings. The van der Waals surface area contributed by atoms with Crippen molar-refractivity contribution in [3.8, 4) is 5.88 Å². The molecule has 0 aliphatic heterocycles. The van der Waals surface area contributed by atoms with Gasteiger partial charge in [-0.25, -0.2) is 9.78 Å². The van der Waals surface area contributed by atoms with E-state index in [-0.39, 0.29) is 12.5 Å². The summed E-state index contributed by atoms with van der Waals surface area (Å²) in [6.45, 7) is -0.162. The number of carbonyl (C=O) groups excluding carboxylic acids is 2. The molecule has 3 N–H and O–H groups in total. The summed E-state index contributed by atoms with van der Waals surface area (Å²) in [5.74, 6) is -0.0393. The van der Waals surface area contributed by atoms with Crippen LogP contribution in [0.4, 0.5) is 16.2 Å². The molecule has 0 bridgehead atoms. The van der Waals surface area contributed by atoms with Crippen molar-refractivity contribution < 1.29 is 14.3 Å². The van der Waals surface area contributed by atoms with Gasteiger partial charge in [0.2, 0.25) is 11.8 Å². The first-order chi connectivity index (χ1) is 11.1. The zero-order valence-electron chi connectivity index (χ0n) is 12.3. The number of halogens is 1. The zero-order valence-corrected chi connectivity index (χ0v) is 13.9. The number of aromatic nitrogens is 1. The number of rotatable bonds is 5. The summed E-state index contributed by atoms with van der Waals surface area (Å²) < 4.78 is 5.94. The highest BCUT2D eigenvalue weighted by atomic mass is 79.9. The second-order valence-corrected chi connectivity index (χ2v) is 5.34. The molecule has 2 aromatic rings. The number of benzene rings is 1. The van der Waals surface area contributed by atoms with E-state index in [0.717, 1.165) is 4.47 Å². The van der Waals surface area contributed by atoms with Gasteiger partial charge in [-0.15, -0.1) is 0 Å². The van der Waals surface area contributed by atoms with E-state index in [0.29, 0.717) is 17.3 Å². The third-order valence-electron chi connectivity index (χ3n) is 2.75. The Morgan fingerprint density at radius 2 is 1.91 bits per heavy atom. The predicted molar refractivity (Wildman–Crippen MR) is 90.6 cm³/mol. The van der Waals surface area contributed by atoms with Gasteiger partial charge in [-0.2, -0.15) is 0 Å². The van der Waals surface area contributed by atoms with E-state index in [1.165, 1.54) is 7.11 Å². The SMILES string of the molecule is COc1ncccc1NC(=O)NCC(=O)Nc1ccc(Br)cc1. The molecule has 1 heterocycles. The van der Waals surface area contributed by atoms with Gasteiger partial charge in [0.1, 0.15) is 5.69 Å². The Kier molecular flexibility index (Phi) is 5.93. The minimum absolute atomic E-state index is 0.162. The molecule has 0 saturated carbocycles. The Balaban J connectivity index is 1.82. The Labute approximate surface area is 141 Å². The lowest BCUT2D eigenvalue weighted by molar-refractivity contribution is -0.115. The topological polar surface area (TPSA) is 92.3 Å². The van der Waals surface area contributed by atoms with E-state index in [9.17, 15) is 9.59 Å². The van der Waals surface area contributed by atoms with E-state index >= 15 is 0 Å². The van der Waals surface area contributed by atoms with Gasteiger partial charge in [-0.3, -0.25) is 4.79 Å². The third-order valence-corrected chi connectivity index (χ3v) is 3.28. The molecule has 7 nitrogen and oxygen atoms in total. The average Bonchev–Trinajstić information content (AvgIpc) is 2.55. The number of carbonyl (C=O) groups is 2. The fourth-order valence-corrected chi connectivity index (χ4v) is 1.98. The lowest BCUT2D eigenvalue weighted by Gasteiger charge is -2.10. The third kappa shape index (κ3) is 5.26. The van der Waals surface area contributed by atoms with Crippen LogP contribution < -0.4 is 20.7 Å². The quantitative estimate of drug-likeness (QED) is 0.745. The minimum atomic E-state index is -0.526. The summed E-state index contributed by atoms with van der Waals surface area (Å²) in [6.07, 6.45) is 1.55. The van der Waals surface area contributed by atoms with Crippen LogP contribution in [-0.4, -0.2) is 30.6 Å². The van der Waals surface area contributed by atoms with Crippen molar-refractivity contribution >= 4 is 39.2 Å². The fourth-order valence-electron chi connectivity index (χ4n) is 1.71. The Bertz CT molecular complexity index is 691. The highest BCUT2D eigenvalue weighted by Crippen LogP contribution is 2.19. The van der Waals surface area contributed by atoms with Crippen molar-refractivity contribution in [2.24, 2.45) is 0 Å². The lowest BCUT2D eigenvalue weighted by Crippen LogP contribution is -2.35. The van der Waals surface area contributed by atoms with Gasteiger partial charge in [0, 0.05) is 16.4 Å². The van der Waals surface area contributed by atoms with E-state index in [2.05, 4.69) is 36.9 Å². The van der Waals surface area contributed by atoms with Gasteiger partial charge in [-0.1, -0.05) is 15.9 Å². The highest BCUT2D eigenvalue weighted by Gasteiger charge is 2.09. The molecule has 0 saturated heterocycles. The van der Waals surface area contributed by atoms with Crippen molar-refractivity contribution in [2.75, 3.05) is 24.3 Å². The number of hydrogen-bond acceptors (Lipinski definition) is 4.